The van der Waals surface area contributed by atoms with E-state index in [-0.39, 0.29) is 5.91 Å². The van der Waals surface area contributed by atoms with Gasteiger partial charge in [-0.2, -0.15) is 0 Å². The van der Waals surface area contributed by atoms with Crippen LogP contribution in [0.2, 0.25) is 0 Å². The number of nitrogens with two attached hydrogens (primary N) is 1. The third-order valence-electron chi connectivity index (χ3n) is 1.75. The van der Waals surface area contributed by atoms with Crippen molar-refractivity contribution in [3.05, 3.63) is 35.9 Å². The number of carbonyl (C=O) groups excluding carboxylic acids is 2. The number of hydrogen-bond donors (Lipinski definition) is 3. The van der Waals surface area contributed by atoms with Crippen molar-refractivity contribution in [2.45, 2.75) is 13.0 Å². The fraction of sp³-hybridized carbons (Fsp3) is 0.200. The van der Waals surface area contributed by atoms with E-state index in [0.29, 0.717) is 5.56 Å². The van der Waals surface area contributed by atoms with Gasteiger partial charge >= 0.3 is 0 Å². The summed E-state index contributed by atoms with van der Waals surface area (Å²) in [6.07, 6.45) is 0. The second kappa shape index (κ2) is 5.11. The molecule has 80 valence electrons. The van der Waals surface area contributed by atoms with Crippen molar-refractivity contribution >= 4 is 11.8 Å². The first-order valence-corrected chi connectivity index (χ1v) is 4.52. The highest BCUT2D eigenvalue weighted by Crippen LogP contribution is 1.96. The van der Waals surface area contributed by atoms with E-state index in [0.717, 1.165) is 0 Å². The molecule has 1 atom stereocenters. The zero-order chi connectivity index (χ0) is 11.3. The summed E-state index contributed by atoms with van der Waals surface area (Å²) in [4.78, 5) is 22.4. The molecule has 1 rings (SSSR count). The molecule has 0 aromatic heterocycles. The van der Waals surface area contributed by atoms with Crippen molar-refractivity contribution < 1.29 is 9.59 Å². The van der Waals surface area contributed by atoms with Crippen molar-refractivity contribution in [3.8, 4) is 0 Å². The van der Waals surface area contributed by atoms with Gasteiger partial charge in [-0.15, -0.1) is 0 Å². The smallest absolute Gasteiger partial charge is 0.269 e. The van der Waals surface area contributed by atoms with Crippen molar-refractivity contribution in [1.82, 2.24) is 10.9 Å². The Bertz CT molecular complexity index is 349. The summed E-state index contributed by atoms with van der Waals surface area (Å²) >= 11 is 0. The molecule has 0 aliphatic rings. The van der Waals surface area contributed by atoms with Crippen LogP contribution < -0.4 is 16.6 Å². The number of hydrazine groups is 1. The predicted molar refractivity (Wildman–Crippen MR) is 55.7 cm³/mol. The van der Waals surface area contributed by atoms with E-state index >= 15 is 0 Å². The minimum atomic E-state index is -0.652. The van der Waals surface area contributed by atoms with E-state index < -0.39 is 11.9 Å². The molecule has 0 heterocycles. The van der Waals surface area contributed by atoms with Crippen molar-refractivity contribution in [3.63, 3.8) is 0 Å². The first-order chi connectivity index (χ1) is 7.11. The number of benzene rings is 1. The molecule has 4 N–H and O–H groups in total. The molecule has 0 saturated carbocycles. The second-order valence-electron chi connectivity index (χ2n) is 3.10. The largest absolute Gasteiger partial charge is 0.320 e. The van der Waals surface area contributed by atoms with Crippen LogP contribution in [-0.2, 0) is 4.79 Å². The van der Waals surface area contributed by atoms with Gasteiger partial charge in [-0.05, 0) is 19.1 Å². The number of rotatable bonds is 2. The Labute approximate surface area is 87.6 Å². The Hall–Kier alpha value is -1.88. The van der Waals surface area contributed by atoms with E-state index in [9.17, 15) is 9.59 Å². The SMILES string of the molecule is C[C@@H](N)C(=O)NNC(=O)c1ccccc1. The van der Waals surface area contributed by atoms with E-state index in [2.05, 4.69) is 10.9 Å². The number of amides is 2. The molecule has 1 aromatic carbocycles. The van der Waals surface area contributed by atoms with Crippen LogP contribution in [0.3, 0.4) is 0 Å². The maximum Gasteiger partial charge on any atom is 0.269 e. The molecule has 0 bridgehead atoms. The molecule has 0 fully saturated rings. The molecule has 0 aliphatic carbocycles. The number of nitrogens with one attached hydrogen (secondary N) is 2. The van der Waals surface area contributed by atoms with Crippen LogP contribution in [0.25, 0.3) is 0 Å². The summed E-state index contributed by atoms with van der Waals surface area (Å²) < 4.78 is 0. The first kappa shape index (κ1) is 11.2. The van der Waals surface area contributed by atoms with Crippen LogP contribution in [0.5, 0.6) is 0 Å². The lowest BCUT2D eigenvalue weighted by Gasteiger charge is -2.08. The molecular formula is C10H13N3O2. The highest BCUT2D eigenvalue weighted by atomic mass is 16.2. The van der Waals surface area contributed by atoms with E-state index in [1.165, 1.54) is 6.92 Å². The maximum atomic E-state index is 11.4. The molecule has 0 radical (unpaired) electrons. The second-order valence-corrected chi connectivity index (χ2v) is 3.10. The summed E-state index contributed by atoms with van der Waals surface area (Å²) in [5.74, 6) is -0.802. The van der Waals surface area contributed by atoms with E-state index in [1.807, 2.05) is 0 Å². The van der Waals surface area contributed by atoms with Gasteiger partial charge in [-0.25, -0.2) is 0 Å². The van der Waals surface area contributed by atoms with Gasteiger partial charge in [-0.1, -0.05) is 18.2 Å². The Balaban J connectivity index is 2.48. The summed E-state index contributed by atoms with van der Waals surface area (Å²) in [7, 11) is 0. The third-order valence-corrected chi connectivity index (χ3v) is 1.75. The topological polar surface area (TPSA) is 84.2 Å². The van der Waals surface area contributed by atoms with Gasteiger partial charge in [0.25, 0.3) is 11.8 Å². The van der Waals surface area contributed by atoms with Gasteiger partial charge in [0.2, 0.25) is 0 Å². The highest BCUT2D eigenvalue weighted by Gasteiger charge is 2.09. The average Bonchev–Trinajstić information content (AvgIpc) is 2.26. The van der Waals surface area contributed by atoms with Crippen LogP contribution in [0.15, 0.2) is 30.3 Å². The van der Waals surface area contributed by atoms with Crippen LogP contribution in [0.4, 0.5) is 0 Å². The van der Waals surface area contributed by atoms with Gasteiger partial charge in [-0.3, -0.25) is 20.4 Å². The standard InChI is InChI=1S/C10H13N3O2/c1-7(11)9(14)12-13-10(15)8-5-3-2-4-6-8/h2-7H,11H2,1H3,(H,12,14)(H,13,15)/t7-/m1/s1. The monoisotopic (exact) mass is 207 g/mol. The zero-order valence-electron chi connectivity index (χ0n) is 8.36. The number of hydrogen-bond acceptors (Lipinski definition) is 3. The molecule has 15 heavy (non-hydrogen) atoms. The summed E-state index contributed by atoms with van der Waals surface area (Å²) in [5.41, 5.74) is 10.3. The molecule has 1 aromatic rings. The van der Waals surface area contributed by atoms with Crippen LogP contribution in [0.1, 0.15) is 17.3 Å². The highest BCUT2D eigenvalue weighted by molar-refractivity contribution is 5.95. The van der Waals surface area contributed by atoms with Gasteiger partial charge in [0, 0.05) is 5.56 Å². The van der Waals surface area contributed by atoms with Gasteiger partial charge in [0.05, 0.1) is 6.04 Å². The fourth-order valence-electron chi connectivity index (χ4n) is 0.894. The average molecular weight is 207 g/mol. The molecule has 0 aliphatic heterocycles. The Morgan fingerprint density at radius 1 is 1.20 bits per heavy atom. The Morgan fingerprint density at radius 2 is 1.80 bits per heavy atom. The molecular weight excluding hydrogens is 194 g/mol. The first-order valence-electron chi connectivity index (χ1n) is 4.52. The Kier molecular flexibility index (Phi) is 3.82. The Morgan fingerprint density at radius 3 is 2.33 bits per heavy atom. The van der Waals surface area contributed by atoms with Gasteiger partial charge in [0.1, 0.15) is 0 Å². The zero-order valence-corrected chi connectivity index (χ0v) is 8.36. The quantitative estimate of drug-likeness (QED) is 0.587. The predicted octanol–water partition coefficient (Wildman–Crippen LogP) is -0.205. The third kappa shape index (κ3) is 3.40. The maximum absolute atomic E-state index is 11.4. The van der Waals surface area contributed by atoms with Crippen LogP contribution in [0, 0.1) is 0 Å². The molecule has 5 nitrogen and oxygen atoms in total. The summed E-state index contributed by atoms with van der Waals surface area (Å²) in [6, 6.07) is 7.92. The molecule has 2 amide bonds. The van der Waals surface area contributed by atoms with Crippen molar-refractivity contribution in [2.24, 2.45) is 5.73 Å². The minimum Gasteiger partial charge on any atom is -0.320 e. The van der Waals surface area contributed by atoms with Crippen LogP contribution in [-0.4, -0.2) is 17.9 Å². The van der Waals surface area contributed by atoms with E-state index in [1.54, 1.807) is 30.3 Å². The fourth-order valence-corrected chi connectivity index (χ4v) is 0.894. The minimum absolute atomic E-state index is 0.371. The lowest BCUT2D eigenvalue weighted by molar-refractivity contribution is -0.122. The van der Waals surface area contributed by atoms with Crippen LogP contribution >= 0.6 is 0 Å². The van der Waals surface area contributed by atoms with Gasteiger partial charge in [0.15, 0.2) is 0 Å². The van der Waals surface area contributed by atoms with Gasteiger partial charge < -0.3 is 5.73 Å². The lowest BCUT2D eigenvalue weighted by atomic mass is 10.2. The molecule has 0 saturated heterocycles. The summed E-state index contributed by atoms with van der Waals surface area (Å²) in [6.45, 7) is 1.53. The van der Waals surface area contributed by atoms with E-state index in [4.69, 9.17) is 5.73 Å². The summed E-state index contributed by atoms with van der Waals surface area (Å²) in [5, 5.41) is 0. The lowest BCUT2D eigenvalue weighted by Crippen LogP contribution is -2.48. The molecule has 0 unspecified atom stereocenters. The normalized spacial score (nSPS) is 11.6. The van der Waals surface area contributed by atoms with Crippen molar-refractivity contribution in [1.29, 1.82) is 0 Å². The molecule has 0 spiro atoms. The number of carbonyl (C=O) groups is 2. The molecule has 5 heteroatoms. The van der Waals surface area contributed by atoms with Crippen molar-refractivity contribution in [2.75, 3.05) is 0 Å².